The van der Waals surface area contributed by atoms with Gasteiger partial charge in [-0.25, -0.2) is 0 Å². The minimum atomic E-state index is -0.473. The molecule has 1 aliphatic heterocycles. The summed E-state index contributed by atoms with van der Waals surface area (Å²) in [5.74, 6) is -0.926. The number of nitrogens with one attached hydrogen (secondary N) is 1. The fourth-order valence-corrected chi connectivity index (χ4v) is 2.66. The molecular weight excluding hydrogens is 318 g/mol. The van der Waals surface area contributed by atoms with Crippen LogP contribution in [0.15, 0.2) is 60.3 Å². The fraction of sp³-hybridized carbons (Fsp3) is 0.105. The van der Waals surface area contributed by atoms with E-state index in [1.807, 2.05) is 24.3 Å². The van der Waals surface area contributed by atoms with Crippen LogP contribution < -0.4 is 5.32 Å². The maximum Gasteiger partial charge on any atom is 0.277 e. The van der Waals surface area contributed by atoms with Crippen molar-refractivity contribution < 1.29 is 14.7 Å². The van der Waals surface area contributed by atoms with E-state index in [4.69, 9.17) is 10.4 Å². The number of nitrogens with zero attached hydrogens (tertiary/aromatic N) is 2. The van der Waals surface area contributed by atoms with Crippen LogP contribution in [0.4, 0.5) is 5.69 Å². The van der Waals surface area contributed by atoms with Gasteiger partial charge in [-0.15, -0.1) is 0 Å². The van der Waals surface area contributed by atoms with Crippen molar-refractivity contribution in [3.63, 3.8) is 0 Å². The molecule has 1 aliphatic rings. The van der Waals surface area contributed by atoms with Crippen LogP contribution in [-0.4, -0.2) is 35.0 Å². The molecule has 0 unspecified atom stereocenters. The van der Waals surface area contributed by atoms with Crippen molar-refractivity contribution in [2.75, 3.05) is 18.5 Å². The average Bonchev–Trinajstić information content (AvgIpc) is 2.90. The lowest BCUT2D eigenvalue weighted by Gasteiger charge is -2.15. The number of carbonyl (C=O) groups excluding carboxylic acids is 2. The highest BCUT2D eigenvalue weighted by Gasteiger charge is 2.30. The molecule has 0 saturated carbocycles. The van der Waals surface area contributed by atoms with Crippen LogP contribution in [0, 0.1) is 11.3 Å². The van der Waals surface area contributed by atoms with Crippen molar-refractivity contribution in [2.24, 2.45) is 0 Å². The number of imide groups is 1. The lowest BCUT2D eigenvalue weighted by atomic mass is 10.0. The second-order valence-corrected chi connectivity index (χ2v) is 5.44. The lowest BCUT2D eigenvalue weighted by molar-refractivity contribution is -0.137. The van der Waals surface area contributed by atoms with Crippen molar-refractivity contribution in [2.45, 2.75) is 0 Å². The van der Waals surface area contributed by atoms with Gasteiger partial charge in [0.1, 0.15) is 5.70 Å². The number of nitriles is 1. The van der Waals surface area contributed by atoms with Crippen LogP contribution in [-0.2, 0) is 9.59 Å². The van der Waals surface area contributed by atoms with Crippen molar-refractivity contribution in [3.05, 3.63) is 65.9 Å². The topological polar surface area (TPSA) is 93.4 Å². The number of hydrogen-bond donors (Lipinski definition) is 2. The Hall–Kier alpha value is -3.43. The zero-order chi connectivity index (χ0) is 17.8. The summed E-state index contributed by atoms with van der Waals surface area (Å²) >= 11 is 0. The van der Waals surface area contributed by atoms with E-state index in [0.29, 0.717) is 11.3 Å². The monoisotopic (exact) mass is 333 g/mol. The van der Waals surface area contributed by atoms with Gasteiger partial charge in [0.05, 0.1) is 24.8 Å². The molecule has 0 aromatic heterocycles. The first-order valence-corrected chi connectivity index (χ1v) is 7.69. The van der Waals surface area contributed by atoms with Gasteiger partial charge in [-0.3, -0.25) is 14.5 Å². The highest BCUT2D eigenvalue weighted by atomic mass is 16.3. The molecule has 0 saturated heterocycles. The van der Waals surface area contributed by atoms with E-state index in [0.717, 1.165) is 16.0 Å². The third-order valence-electron chi connectivity index (χ3n) is 3.83. The van der Waals surface area contributed by atoms with E-state index >= 15 is 0 Å². The summed E-state index contributed by atoms with van der Waals surface area (Å²) in [6.45, 7) is -0.318. The number of aliphatic hydroxyl groups excluding tert-OH is 1. The summed E-state index contributed by atoms with van der Waals surface area (Å²) in [5, 5.41) is 21.0. The first kappa shape index (κ1) is 16.4. The molecule has 0 atom stereocenters. The number of anilines is 1. The molecule has 1 heterocycles. The van der Waals surface area contributed by atoms with E-state index < -0.39 is 11.8 Å². The highest BCUT2D eigenvalue weighted by Crippen LogP contribution is 2.30. The molecule has 2 aromatic carbocycles. The Labute approximate surface area is 144 Å². The molecule has 0 spiro atoms. The molecule has 3 rings (SSSR count). The number of β-amino-alcohol motifs (C(OH)–C–C–N with tert-alkyl or cyclic N) is 1. The standard InChI is InChI=1S/C19H15N3O3/c20-12-13-4-3-5-14(10-13)15-6-1-2-7-16(15)21-17-11-18(24)22(8-9-23)19(17)25/h1-7,10-11,21,23H,8-9H2. The number of aliphatic hydroxyl groups is 1. The smallest absolute Gasteiger partial charge is 0.277 e. The highest BCUT2D eigenvalue weighted by molar-refractivity contribution is 6.17. The largest absolute Gasteiger partial charge is 0.395 e. The van der Waals surface area contributed by atoms with E-state index in [-0.39, 0.29) is 18.8 Å². The Morgan fingerprint density at radius 3 is 2.68 bits per heavy atom. The fourth-order valence-electron chi connectivity index (χ4n) is 2.66. The molecular formula is C19H15N3O3. The normalized spacial score (nSPS) is 13.6. The maximum atomic E-state index is 12.3. The second-order valence-electron chi connectivity index (χ2n) is 5.44. The first-order chi connectivity index (χ1) is 12.1. The van der Waals surface area contributed by atoms with Crippen molar-refractivity contribution in [1.82, 2.24) is 4.90 Å². The molecule has 2 N–H and O–H groups in total. The summed E-state index contributed by atoms with van der Waals surface area (Å²) in [5.41, 5.74) is 2.97. The third-order valence-corrected chi connectivity index (χ3v) is 3.83. The van der Waals surface area contributed by atoms with Crippen LogP contribution in [0.3, 0.4) is 0 Å². The van der Waals surface area contributed by atoms with E-state index in [1.165, 1.54) is 6.08 Å². The van der Waals surface area contributed by atoms with Gasteiger partial charge >= 0.3 is 0 Å². The summed E-state index contributed by atoms with van der Waals surface area (Å²) in [7, 11) is 0. The number of amides is 2. The minimum Gasteiger partial charge on any atom is -0.395 e. The molecule has 6 nitrogen and oxygen atoms in total. The maximum absolute atomic E-state index is 12.3. The predicted molar refractivity (Wildman–Crippen MR) is 92.1 cm³/mol. The van der Waals surface area contributed by atoms with Gasteiger partial charge in [-0.1, -0.05) is 30.3 Å². The van der Waals surface area contributed by atoms with E-state index in [2.05, 4.69) is 11.4 Å². The number of hydrogen-bond acceptors (Lipinski definition) is 5. The van der Waals surface area contributed by atoms with Gasteiger partial charge in [0.15, 0.2) is 0 Å². The molecule has 124 valence electrons. The van der Waals surface area contributed by atoms with Crippen LogP contribution >= 0.6 is 0 Å². The molecule has 6 heteroatoms. The Balaban J connectivity index is 1.93. The molecule has 0 bridgehead atoms. The SMILES string of the molecule is N#Cc1cccc(-c2ccccc2NC2=CC(=O)N(CCO)C2=O)c1. The Bertz CT molecular complexity index is 912. The quantitative estimate of drug-likeness (QED) is 0.815. The summed E-state index contributed by atoms with van der Waals surface area (Å²) in [6.07, 6.45) is 1.22. The zero-order valence-electron chi connectivity index (χ0n) is 13.3. The average molecular weight is 333 g/mol. The minimum absolute atomic E-state index is 0.0365. The molecule has 25 heavy (non-hydrogen) atoms. The van der Waals surface area contributed by atoms with E-state index in [1.54, 1.807) is 24.3 Å². The molecule has 2 amide bonds. The summed E-state index contributed by atoms with van der Waals surface area (Å²) in [6, 6.07) is 16.6. The van der Waals surface area contributed by atoms with Crippen LogP contribution in [0.1, 0.15) is 5.56 Å². The summed E-state index contributed by atoms with van der Waals surface area (Å²) < 4.78 is 0. The second kappa shape index (κ2) is 6.99. The van der Waals surface area contributed by atoms with E-state index in [9.17, 15) is 9.59 Å². The van der Waals surface area contributed by atoms with Gasteiger partial charge < -0.3 is 10.4 Å². The number of carbonyl (C=O) groups is 2. The van der Waals surface area contributed by atoms with Crippen LogP contribution in [0.5, 0.6) is 0 Å². The first-order valence-electron chi connectivity index (χ1n) is 7.69. The Kier molecular flexibility index (Phi) is 4.59. The van der Waals surface area contributed by atoms with Crippen molar-refractivity contribution in [3.8, 4) is 17.2 Å². The van der Waals surface area contributed by atoms with Crippen molar-refractivity contribution >= 4 is 17.5 Å². The van der Waals surface area contributed by atoms with Crippen LogP contribution in [0.2, 0.25) is 0 Å². The van der Waals surface area contributed by atoms with Gasteiger partial charge in [0.2, 0.25) is 0 Å². The lowest BCUT2D eigenvalue weighted by Crippen LogP contribution is -2.34. The molecule has 0 radical (unpaired) electrons. The van der Waals surface area contributed by atoms with Gasteiger partial charge in [-0.2, -0.15) is 5.26 Å². The predicted octanol–water partition coefficient (Wildman–Crippen LogP) is 1.88. The zero-order valence-corrected chi connectivity index (χ0v) is 13.3. The number of para-hydroxylation sites is 1. The third kappa shape index (κ3) is 3.27. The molecule has 0 fully saturated rings. The Morgan fingerprint density at radius 2 is 1.92 bits per heavy atom. The number of benzene rings is 2. The molecule has 2 aromatic rings. The van der Waals surface area contributed by atoms with Gasteiger partial charge in [0.25, 0.3) is 11.8 Å². The van der Waals surface area contributed by atoms with Gasteiger partial charge in [-0.05, 0) is 23.8 Å². The number of rotatable bonds is 5. The van der Waals surface area contributed by atoms with Crippen LogP contribution in [0.25, 0.3) is 11.1 Å². The molecule has 0 aliphatic carbocycles. The van der Waals surface area contributed by atoms with Crippen molar-refractivity contribution in [1.29, 1.82) is 5.26 Å². The summed E-state index contributed by atoms with van der Waals surface area (Å²) in [4.78, 5) is 25.1. The Morgan fingerprint density at radius 1 is 1.12 bits per heavy atom. The van der Waals surface area contributed by atoms with Gasteiger partial charge in [0, 0.05) is 17.3 Å².